The Labute approximate surface area is 188 Å². The summed E-state index contributed by atoms with van der Waals surface area (Å²) < 4.78 is 62.8. The molecule has 0 aromatic heterocycles. The Bertz CT molecular complexity index is 944. The van der Waals surface area contributed by atoms with E-state index in [-0.39, 0.29) is 18.3 Å². The number of rotatable bonds is 10. The molecule has 1 N–H and O–H groups in total. The van der Waals surface area contributed by atoms with E-state index in [0.29, 0.717) is 17.6 Å². The lowest BCUT2D eigenvalue weighted by Gasteiger charge is -2.23. The van der Waals surface area contributed by atoms with Crippen LogP contribution in [0.2, 0.25) is 0 Å². The maximum Gasteiger partial charge on any atom is 0.419 e. The third kappa shape index (κ3) is 7.05. The van der Waals surface area contributed by atoms with Crippen molar-refractivity contribution in [2.24, 2.45) is 5.92 Å². The van der Waals surface area contributed by atoms with Crippen LogP contribution in [-0.4, -0.2) is 29.0 Å². The molecule has 32 heavy (non-hydrogen) atoms. The first-order valence-electron chi connectivity index (χ1n) is 9.99. The summed E-state index contributed by atoms with van der Waals surface area (Å²) in [7, 11) is 0. The third-order valence-corrected chi connectivity index (χ3v) is 6.05. The molecule has 0 fully saturated rings. The van der Waals surface area contributed by atoms with Crippen LogP contribution in [0, 0.1) is 18.7 Å². The lowest BCUT2D eigenvalue weighted by atomic mass is 10.1. The van der Waals surface area contributed by atoms with Crippen LogP contribution in [-0.2, 0) is 11.0 Å². The number of aliphatic carboxylic acids is 1. The van der Waals surface area contributed by atoms with E-state index in [4.69, 9.17) is 9.47 Å². The lowest BCUT2D eigenvalue weighted by Crippen LogP contribution is -2.38. The Balaban J connectivity index is 1.94. The zero-order valence-electron chi connectivity index (χ0n) is 18.3. The van der Waals surface area contributed by atoms with Crippen molar-refractivity contribution in [3.63, 3.8) is 0 Å². The zero-order chi connectivity index (χ0) is 24.1. The van der Waals surface area contributed by atoms with Gasteiger partial charge in [-0.25, -0.2) is 9.18 Å². The maximum absolute atomic E-state index is 13.7. The number of carboxylic acids is 1. The second-order valence-corrected chi connectivity index (χ2v) is 8.97. The second kappa shape index (κ2) is 10.5. The van der Waals surface area contributed by atoms with Crippen LogP contribution in [0.3, 0.4) is 0 Å². The SMILES string of the molecule is CCC(COc1ccc(C(F)(F)F)c(F)c1)CSc1ccc(OC(C)(C)C(=O)O)c(C)c1. The van der Waals surface area contributed by atoms with E-state index >= 15 is 0 Å². The fourth-order valence-corrected chi connectivity index (χ4v) is 3.86. The molecule has 4 nitrogen and oxygen atoms in total. The van der Waals surface area contributed by atoms with Crippen LogP contribution >= 0.6 is 11.8 Å². The number of hydrogen-bond donors (Lipinski definition) is 1. The fourth-order valence-electron chi connectivity index (χ4n) is 2.67. The summed E-state index contributed by atoms with van der Waals surface area (Å²) in [6.45, 7) is 6.99. The van der Waals surface area contributed by atoms with Gasteiger partial charge in [0.15, 0.2) is 5.60 Å². The van der Waals surface area contributed by atoms with Gasteiger partial charge in [-0.1, -0.05) is 6.92 Å². The minimum absolute atomic E-state index is 0.0531. The molecule has 0 amide bonds. The number of benzene rings is 2. The van der Waals surface area contributed by atoms with Gasteiger partial charge in [-0.15, -0.1) is 11.8 Å². The number of hydrogen-bond acceptors (Lipinski definition) is 4. The molecular weight excluding hydrogens is 448 g/mol. The van der Waals surface area contributed by atoms with Crippen molar-refractivity contribution in [2.75, 3.05) is 12.4 Å². The van der Waals surface area contributed by atoms with Crippen LogP contribution in [0.25, 0.3) is 0 Å². The van der Waals surface area contributed by atoms with Crippen molar-refractivity contribution in [1.29, 1.82) is 0 Å². The predicted octanol–water partition coefficient (Wildman–Crippen LogP) is 6.59. The summed E-state index contributed by atoms with van der Waals surface area (Å²) in [5.41, 5.74) is -1.86. The van der Waals surface area contributed by atoms with E-state index in [0.717, 1.165) is 29.0 Å². The van der Waals surface area contributed by atoms with Gasteiger partial charge in [0.1, 0.15) is 17.3 Å². The number of thioether (sulfide) groups is 1. The maximum atomic E-state index is 13.7. The Morgan fingerprint density at radius 1 is 1.16 bits per heavy atom. The first kappa shape index (κ1) is 25.8. The van der Waals surface area contributed by atoms with Gasteiger partial charge in [-0.2, -0.15) is 13.2 Å². The molecule has 1 unspecified atom stereocenters. The van der Waals surface area contributed by atoms with E-state index in [1.54, 1.807) is 17.8 Å². The van der Waals surface area contributed by atoms with Gasteiger partial charge in [0.2, 0.25) is 0 Å². The highest BCUT2D eigenvalue weighted by atomic mass is 32.2. The Morgan fingerprint density at radius 2 is 1.84 bits per heavy atom. The smallest absolute Gasteiger partial charge is 0.419 e. The molecular formula is C23H26F4O4S. The Hall–Kier alpha value is -2.42. The van der Waals surface area contributed by atoms with E-state index in [9.17, 15) is 27.5 Å². The number of carboxylic acid groups (broad SMARTS) is 1. The van der Waals surface area contributed by atoms with Crippen LogP contribution < -0.4 is 9.47 Å². The third-order valence-electron chi connectivity index (χ3n) is 4.82. The molecule has 0 aliphatic rings. The first-order valence-corrected chi connectivity index (χ1v) is 11.0. The molecule has 0 spiro atoms. The van der Waals surface area contributed by atoms with E-state index in [2.05, 4.69) is 0 Å². The summed E-state index contributed by atoms with van der Waals surface area (Å²) >= 11 is 1.57. The summed E-state index contributed by atoms with van der Waals surface area (Å²) in [6, 6.07) is 8.01. The Morgan fingerprint density at radius 3 is 2.38 bits per heavy atom. The molecule has 176 valence electrons. The first-order chi connectivity index (χ1) is 14.8. The highest BCUT2D eigenvalue weighted by molar-refractivity contribution is 7.99. The summed E-state index contributed by atoms with van der Waals surface area (Å²) in [6.07, 6.45) is -3.98. The van der Waals surface area contributed by atoms with E-state index < -0.39 is 29.1 Å². The van der Waals surface area contributed by atoms with Crippen LogP contribution in [0.4, 0.5) is 17.6 Å². The van der Waals surface area contributed by atoms with Gasteiger partial charge in [0.05, 0.1) is 12.2 Å². The van der Waals surface area contributed by atoms with Crippen molar-refractivity contribution in [3.8, 4) is 11.5 Å². The molecule has 2 rings (SSSR count). The second-order valence-electron chi connectivity index (χ2n) is 7.88. The quantitative estimate of drug-likeness (QED) is 0.311. The number of carbonyl (C=O) groups is 1. The summed E-state index contributed by atoms with van der Waals surface area (Å²) in [5, 5.41) is 9.21. The molecule has 1 atom stereocenters. The monoisotopic (exact) mass is 474 g/mol. The predicted molar refractivity (Wildman–Crippen MR) is 115 cm³/mol. The standard InChI is InChI=1S/C23H26F4O4S/c1-5-15(12-30-16-6-8-18(19(24)11-16)23(25,26)27)13-32-17-7-9-20(14(2)10-17)31-22(3,4)21(28)29/h6-11,15H,5,12-13H2,1-4H3,(H,28,29). The highest BCUT2D eigenvalue weighted by Gasteiger charge is 2.34. The zero-order valence-corrected chi connectivity index (χ0v) is 19.1. The average Bonchev–Trinajstić information content (AvgIpc) is 2.69. The van der Waals surface area contributed by atoms with Crippen molar-refractivity contribution in [2.45, 2.75) is 50.8 Å². The number of halogens is 4. The minimum Gasteiger partial charge on any atom is -0.493 e. The van der Waals surface area contributed by atoms with Crippen LogP contribution in [0.15, 0.2) is 41.3 Å². The number of aryl methyl sites for hydroxylation is 1. The van der Waals surface area contributed by atoms with Gasteiger partial charge in [0, 0.05) is 22.6 Å². The molecule has 0 bridgehead atoms. The molecule has 0 aliphatic heterocycles. The van der Waals surface area contributed by atoms with Crippen molar-refractivity contribution in [3.05, 3.63) is 53.3 Å². The van der Waals surface area contributed by atoms with Gasteiger partial charge in [-0.05, 0) is 63.1 Å². The lowest BCUT2D eigenvalue weighted by molar-refractivity contribution is -0.152. The van der Waals surface area contributed by atoms with Crippen LogP contribution in [0.1, 0.15) is 38.3 Å². The normalized spacial score (nSPS) is 13.0. The molecule has 2 aromatic carbocycles. The van der Waals surface area contributed by atoms with Gasteiger partial charge >= 0.3 is 12.1 Å². The Kier molecular flexibility index (Phi) is 8.45. The summed E-state index contributed by atoms with van der Waals surface area (Å²) in [5.74, 6) is -1.11. The molecule has 9 heteroatoms. The topological polar surface area (TPSA) is 55.8 Å². The minimum atomic E-state index is -4.74. The van der Waals surface area contributed by atoms with Crippen molar-refractivity contribution < 1.29 is 36.9 Å². The van der Waals surface area contributed by atoms with Crippen LogP contribution in [0.5, 0.6) is 11.5 Å². The van der Waals surface area contributed by atoms with E-state index in [1.165, 1.54) is 13.8 Å². The van der Waals surface area contributed by atoms with E-state index in [1.807, 2.05) is 26.0 Å². The molecule has 0 aliphatic carbocycles. The molecule has 0 radical (unpaired) electrons. The largest absolute Gasteiger partial charge is 0.493 e. The number of ether oxygens (including phenoxy) is 2. The van der Waals surface area contributed by atoms with Crippen molar-refractivity contribution >= 4 is 17.7 Å². The molecule has 2 aromatic rings. The highest BCUT2D eigenvalue weighted by Crippen LogP contribution is 2.33. The molecule has 0 saturated carbocycles. The van der Waals surface area contributed by atoms with Gasteiger partial charge < -0.3 is 14.6 Å². The molecule has 0 saturated heterocycles. The van der Waals surface area contributed by atoms with Gasteiger partial charge in [-0.3, -0.25) is 0 Å². The number of alkyl halides is 3. The van der Waals surface area contributed by atoms with Crippen molar-refractivity contribution in [1.82, 2.24) is 0 Å². The molecule has 0 heterocycles. The average molecular weight is 475 g/mol. The van der Waals surface area contributed by atoms with Gasteiger partial charge in [0.25, 0.3) is 0 Å². The summed E-state index contributed by atoms with van der Waals surface area (Å²) in [4.78, 5) is 12.2. The fraction of sp³-hybridized carbons (Fsp3) is 0.435.